The van der Waals surface area contributed by atoms with E-state index in [1.165, 1.54) is 50.1 Å². The van der Waals surface area contributed by atoms with Gasteiger partial charge in [0.05, 0.1) is 5.70 Å². The topological polar surface area (TPSA) is 37.6 Å². The van der Waals surface area contributed by atoms with Gasteiger partial charge in [0.2, 0.25) is 0 Å². The van der Waals surface area contributed by atoms with Crippen LogP contribution >= 0.6 is 0 Å². The van der Waals surface area contributed by atoms with Gasteiger partial charge in [0.1, 0.15) is 0 Å². The Hall–Kier alpha value is -7.23. The van der Waals surface area contributed by atoms with E-state index in [4.69, 9.17) is 9.98 Å². The summed E-state index contributed by atoms with van der Waals surface area (Å²) in [6.45, 7) is 12.1. The summed E-state index contributed by atoms with van der Waals surface area (Å²) in [5.41, 5.74) is 16.5. The molecule has 8 rings (SSSR count). The SMILES string of the molecule is C=CC(=C\C=C/C)/C(N=Cc1ccc(-c2ccccc2)cc1)=N\C(=C/C)c1cccc(-c2ccc3c(c2)-c2ccccc2C3)c1.CC.c1ccc(Cc2ccncc2)cc1. The van der Waals surface area contributed by atoms with E-state index in [0.717, 1.165) is 40.8 Å². The van der Waals surface area contributed by atoms with Gasteiger partial charge in [0.25, 0.3) is 0 Å². The largest absolute Gasteiger partial charge is 0.265 e. The second kappa shape index (κ2) is 22.1. The number of hydrogen-bond acceptors (Lipinski definition) is 2. The van der Waals surface area contributed by atoms with Gasteiger partial charge in [-0.2, -0.15) is 0 Å². The van der Waals surface area contributed by atoms with Crippen molar-refractivity contribution < 1.29 is 0 Å². The maximum atomic E-state index is 5.10. The molecule has 296 valence electrons. The van der Waals surface area contributed by atoms with E-state index in [2.05, 4.69) is 151 Å². The summed E-state index contributed by atoms with van der Waals surface area (Å²) < 4.78 is 0. The fourth-order valence-electron chi connectivity index (χ4n) is 7.03. The van der Waals surface area contributed by atoms with Crippen molar-refractivity contribution in [1.29, 1.82) is 0 Å². The molecule has 0 atom stereocenters. The Bertz CT molecular complexity index is 2570. The summed E-state index contributed by atoms with van der Waals surface area (Å²) in [4.78, 5) is 14.0. The summed E-state index contributed by atoms with van der Waals surface area (Å²) in [7, 11) is 0. The van der Waals surface area contributed by atoms with Crippen LogP contribution in [0.4, 0.5) is 0 Å². The van der Waals surface area contributed by atoms with Gasteiger partial charge in [-0.15, -0.1) is 0 Å². The third-order valence-electron chi connectivity index (χ3n) is 10.1. The van der Waals surface area contributed by atoms with E-state index in [1.807, 2.05) is 94.9 Å². The lowest BCUT2D eigenvalue weighted by Gasteiger charge is -2.10. The first-order chi connectivity index (χ1) is 29.6. The molecule has 1 aliphatic rings. The van der Waals surface area contributed by atoms with Gasteiger partial charge in [-0.1, -0.05) is 190 Å². The molecule has 0 spiro atoms. The average molecular weight is 780 g/mol. The van der Waals surface area contributed by atoms with E-state index in [9.17, 15) is 0 Å². The van der Waals surface area contributed by atoms with E-state index < -0.39 is 0 Å². The highest BCUT2D eigenvalue weighted by Crippen LogP contribution is 2.39. The van der Waals surface area contributed by atoms with Crippen molar-refractivity contribution in [2.75, 3.05) is 0 Å². The first kappa shape index (κ1) is 42.4. The van der Waals surface area contributed by atoms with E-state index >= 15 is 0 Å². The second-order valence-electron chi connectivity index (χ2n) is 14.0. The molecule has 7 aromatic rings. The van der Waals surface area contributed by atoms with Crippen molar-refractivity contribution in [1.82, 2.24) is 4.98 Å². The summed E-state index contributed by atoms with van der Waals surface area (Å²) in [6, 6.07) is 57.5. The summed E-state index contributed by atoms with van der Waals surface area (Å²) in [5, 5.41) is 0. The zero-order valence-corrected chi connectivity index (χ0v) is 35.2. The van der Waals surface area contributed by atoms with Crippen molar-refractivity contribution in [3.8, 4) is 33.4 Å². The number of hydrogen-bond donors (Lipinski definition) is 0. The molecule has 0 radical (unpaired) electrons. The van der Waals surface area contributed by atoms with Gasteiger partial charge in [-0.3, -0.25) is 4.98 Å². The van der Waals surface area contributed by atoms with Crippen LogP contribution in [0.25, 0.3) is 39.1 Å². The Morgan fingerprint density at radius 1 is 0.617 bits per heavy atom. The molecule has 0 N–H and O–H groups in total. The van der Waals surface area contributed by atoms with Crippen LogP contribution in [0.3, 0.4) is 0 Å². The van der Waals surface area contributed by atoms with Crippen LogP contribution < -0.4 is 0 Å². The molecule has 0 saturated heterocycles. The van der Waals surface area contributed by atoms with Crippen LogP contribution in [0.2, 0.25) is 0 Å². The highest BCUT2D eigenvalue weighted by molar-refractivity contribution is 6.09. The molecule has 1 aromatic heterocycles. The number of benzene rings is 6. The van der Waals surface area contributed by atoms with Gasteiger partial charge in [-0.25, -0.2) is 9.98 Å². The third kappa shape index (κ3) is 11.2. The first-order valence-corrected chi connectivity index (χ1v) is 20.8. The smallest absolute Gasteiger partial charge is 0.159 e. The van der Waals surface area contributed by atoms with Crippen LogP contribution in [-0.4, -0.2) is 17.0 Å². The number of amidine groups is 1. The van der Waals surface area contributed by atoms with Crippen LogP contribution in [0.1, 0.15) is 61.1 Å². The quantitative estimate of drug-likeness (QED) is 0.0774. The molecule has 3 heteroatoms. The number of nitrogens with zero attached hydrogens (tertiary/aromatic N) is 3. The molecule has 1 aliphatic carbocycles. The summed E-state index contributed by atoms with van der Waals surface area (Å²) in [6.07, 6.45) is 17.3. The van der Waals surface area contributed by atoms with E-state index in [-0.39, 0.29) is 0 Å². The first-order valence-electron chi connectivity index (χ1n) is 20.8. The number of rotatable bonds is 10. The average Bonchev–Trinajstić information content (AvgIpc) is 3.70. The number of aromatic nitrogens is 1. The lowest BCUT2D eigenvalue weighted by atomic mass is 9.97. The molecule has 3 nitrogen and oxygen atoms in total. The lowest BCUT2D eigenvalue weighted by Crippen LogP contribution is -2.00. The minimum absolute atomic E-state index is 0.600. The Labute approximate surface area is 357 Å². The minimum atomic E-state index is 0.600. The highest BCUT2D eigenvalue weighted by Gasteiger charge is 2.18. The van der Waals surface area contributed by atoms with Gasteiger partial charge in [-0.05, 0) is 112 Å². The van der Waals surface area contributed by atoms with Crippen LogP contribution in [0.15, 0.2) is 229 Å². The fraction of sp³-hybridized carbons (Fsp3) is 0.105. The maximum absolute atomic E-state index is 5.10. The molecule has 0 unspecified atom stereocenters. The monoisotopic (exact) mass is 779 g/mol. The van der Waals surface area contributed by atoms with Crippen LogP contribution in [0.5, 0.6) is 0 Å². The summed E-state index contributed by atoms with van der Waals surface area (Å²) in [5.74, 6) is 0.600. The van der Waals surface area contributed by atoms with Crippen LogP contribution in [0, 0.1) is 0 Å². The lowest BCUT2D eigenvalue weighted by molar-refractivity contribution is 1.16. The molecule has 0 amide bonds. The number of pyridine rings is 1. The van der Waals surface area contributed by atoms with Gasteiger partial charge in [0.15, 0.2) is 5.84 Å². The molecule has 1 heterocycles. The number of fused-ring (bicyclic) bond motifs is 3. The van der Waals surface area contributed by atoms with Gasteiger partial charge in [0, 0.05) is 29.7 Å². The van der Waals surface area contributed by atoms with Crippen molar-refractivity contribution in [3.05, 3.63) is 252 Å². The predicted molar refractivity (Wildman–Crippen MR) is 259 cm³/mol. The molecule has 0 aliphatic heterocycles. The minimum Gasteiger partial charge on any atom is -0.265 e. The maximum Gasteiger partial charge on any atom is 0.159 e. The molecule has 0 saturated carbocycles. The molecule has 60 heavy (non-hydrogen) atoms. The Kier molecular flexibility index (Phi) is 15.6. The van der Waals surface area contributed by atoms with E-state index in [1.54, 1.807) is 6.08 Å². The molecular weight excluding hydrogens is 727 g/mol. The summed E-state index contributed by atoms with van der Waals surface area (Å²) >= 11 is 0. The Morgan fingerprint density at radius 3 is 1.95 bits per heavy atom. The third-order valence-corrected chi connectivity index (χ3v) is 10.1. The van der Waals surface area contributed by atoms with Crippen molar-refractivity contribution >= 4 is 17.7 Å². The number of allylic oxidation sites excluding steroid dienone is 4. The van der Waals surface area contributed by atoms with Crippen molar-refractivity contribution in [2.45, 2.75) is 40.5 Å². The highest BCUT2D eigenvalue weighted by atomic mass is 14.9. The zero-order valence-electron chi connectivity index (χ0n) is 35.2. The zero-order chi connectivity index (χ0) is 41.9. The normalized spacial score (nSPS) is 12.2. The van der Waals surface area contributed by atoms with E-state index in [0.29, 0.717) is 5.84 Å². The van der Waals surface area contributed by atoms with Gasteiger partial charge < -0.3 is 0 Å². The Morgan fingerprint density at radius 2 is 1.23 bits per heavy atom. The predicted octanol–water partition coefficient (Wildman–Crippen LogP) is 14.9. The second-order valence-corrected chi connectivity index (χ2v) is 14.0. The fourth-order valence-corrected chi connectivity index (χ4v) is 7.03. The Balaban J connectivity index is 0.000000339. The number of aliphatic imine (C=N–C) groups is 2. The van der Waals surface area contributed by atoms with Crippen molar-refractivity contribution in [2.24, 2.45) is 9.98 Å². The van der Waals surface area contributed by atoms with Crippen LogP contribution in [-0.2, 0) is 12.8 Å². The van der Waals surface area contributed by atoms with Gasteiger partial charge >= 0.3 is 0 Å². The standard InChI is InChI=1S/C43H36N2.C12H11N.C2H6/c1-4-7-14-32(5-2)43(44-30-31-21-23-34(24-22-31)33-15-9-8-10-16-33)45-42(6-3)39-19-13-18-35(27-39)36-25-26-38-28-37-17-11-12-20-40(37)41(38)29-36;1-2-4-11(5-3-1)10-12-6-8-13-9-7-12;1-2/h4-27,29-30H,2,28H2,1,3H3;1-9H,10H2;1-2H3/b7-4-,32-14+,42-6-,44-30?,45-43+;;. The molecule has 0 fully saturated rings. The molecular formula is C57H53N3. The molecule has 0 bridgehead atoms. The molecule has 6 aromatic carbocycles. The van der Waals surface area contributed by atoms with Crippen molar-refractivity contribution in [3.63, 3.8) is 0 Å².